The van der Waals surface area contributed by atoms with E-state index >= 15 is 0 Å². The Labute approximate surface area is 192 Å². The van der Waals surface area contributed by atoms with Crippen molar-refractivity contribution < 1.29 is 36.2 Å². The van der Waals surface area contributed by atoms with E-state index in [-0.39, 0.29) is 17.1 Å². The highest BCUT2D eigenvalue weighted by atomic mass is 19.3. The van der Waals surface area contributed by atoms with Gasteiger partial charge >= 0.3 is 12.2 Å². The summed E-state index contributed by atoms with van der Waals surface area (Å²) in [5, 5.41) is 8.34. The van der Waals surface area contributed by atoms with E-state index in [1.165, 1.54) is 24.1 Å². The molecule has 0 saturated heterocycles. The monoisotopic (exact) mass is 492 g/mol. The average Bonchev–Trinajstić information content (AvgIpc) is 3.30. The molecule has 5 rings (SSSR count). The van der Waals surface area contributed by atoms with Crippen molar-refractivity contribution in [2.45, 2.75) is 12.2 Å². The summed E-state index contributed by atoms with van der Waals surface area (Å²) in [7, 11) is 1.20. The number of para-hydroxylation sites is 1. The maximum atomic E-state index is 14.9. The van der Waals surface area contributed by atoms with Crippen molar-refractivity contribution in [3.05, 3.63) is 77.0 Å². The summed E-state index contributed by atoms with van der Waals surface area (Å²) >= 11 is 0. The Balaban J connectivity index is 1.67. The number of hydrogen-bond acceptors (Lipinski definition) is 6. The number of alkyl halides is 4. The Hall–Kier alpha value is -4.42. The van der Waals surface area contributed by atoms with Crippen molar-refractivity contribution in [1.82, 2.24) is 19.6 Å². The van der Waals surface area contributed by atoms with Crippen molar-refractivity contribution in [3.8, 4) is 40.0 Å². The normalized spacial score (nSPS) is 15.6. The summed E-state index contributed by atoms with van der Waals surface area (Å²) in [5.41, 5.74) is -0.559. The first-order valence-electron chi connectivity index (χ1n) is 9.86. The van der Waals surface area contributed by atoms with Crippen LogP contribution in [-0.2, 0) is 0 Å². The van der Waals surface area contributed by atoms with Gasteiger partial charge in [-0.25, -0.2) is 13.8 Å². The topological polar surface area (TPSA) is 80.4 Å². The van der Waals surface area contributed by atoms with Crippen molar-refractivity contribution in [2.75, 3.05) is 7.11 Å². The van der Waals surface area contributed by atoms with E-state index in [9.17, 15) is 26.7 Å². The molecule has 3 heterocycles. The van der Waals surface area contributed by atoms with Crippen LogP contribution in [0.2, 0.25) is 0 Å². The van der Waals surface area contributed by atoms with Gasteiger partial charge < -0.3 is 14.2 Å². The number of benzene rings is 2. The fourth-order valence-corrected chi connectivity index (χ4v) is 3.42. The van der Waals surface area contributed by atoms with Crippen LogP contribution < -0.4 is 19.6 Å². The zero-order chi connectivity index (χ0) is 25.0. The first-order chi connectivity index (χ1) is 16.6. The van der Waals surface area contributed by atoms with Gasteiger partial charge in [0.15, 0.2) is 28.8 Å². The number of ether oxygens (including phenoxy) is 3. The van der Waals surface area contributed by atoms with Gasteiger partial charge in [-0.15, -0.1) is 0 Å². The maximum absolute atomic E-state index is 14.9. The van der Waals surface area contributed by atoms with Crippen molar-refractivity contribution >= 4 is 0 Å². The van der Waals surface area contributed by atoms with Gasteiger partial charge in [0.2, 0.25) is 0 Å². The molecule has 0 spiro atoms. The zero-order valence-electron chi connectivity index (χ0n) is 17.6. The predicted molar refractivity (Wildman–Crippen MR) is 110 cm³/mol. The molecule has 0 atom stereocenters. The molecule has 35 heavy (non-hydrogen) atoms. The lowest BCUT2D eigenvalue weighted by atomic mass is 10.2. The minimum absolute atomic E-state index is 0.211. The second-order valence-electron chi connectivity index (χ2n) is 7.27. The fourth-order valence-electron chi connectivity index (χ4n) is 3.42. The molecule has 0 N–H and O–H groups in total. The molecule has 2 aromatic carbocycles. The Kier molecular flexibility index (Phi) is 5.00. The van der Waals surface area contributed by atoms with Crippen LogP contribution in [-0.4, -0.2) is 38.9 Å². The van der Waals surface area contributed by atoms with Crippen LogP contribution in [0.15, 0.2) is 65.7 Å². The Morgan fingerprint density at radius 1 is 0.971 bits per heavy atom. The minimum Gasteiger partial charge on any atom is -0.491 e. The molecule has 4 aromatic rings. The third-order valence-electron chi connectivity index (χ3n) is 5.07. The molecule has 0 saturated carbocycles. The molecular formula is C22H13F5N4O4. The van der Waals surface area contributed by atoms with Crippen LogP contribution in [0.25, 0.3) is 22.8 Å². The molecule has 2 aromatic heterocycles. The third-order valence-corrected chi connectivity index (χ3v) is 5.07. The third kappa shape index (κ3) is 3.64. The van der Waals surface area contributed by atoms with Gasteiger partial charge in [-0.3, -0.25) is 4.79 Å². The largest absolute Gasteiger partial charge is 0.507 e. The highest BCUT2D eigenvalue weighted by Crippen LogP contribution is 2.47. The van der Waals surface area contributed by atoms with E-state index in [2.05, 4.69) is 19.7 Å². The Morgan fingerprint density at radius 2 is 1.63 bits per heavy atom. The predicted octanol–water partition coefficient (Wildman–Crippen LogP) is 4.19. The van der Waals surface area contributed by atoms with E-state index in [0.29, 0.717) is 17.8 Å². The molecule has 180 valence electrons. The first kappa shape index (κ1) is 22.4. The van der Waals surface area contributed by atoms with Crippen molar-refractivity contribution in [1.29, 1.82) is 0 Å². The number of fused-ring (bicyclic) bond motifs is 1. The van der Waals surface area contributed by atoms with Gasteiger partial charge in [0.05, 0.1) is 30.9 Å². The summed E-state index contributed by atoms with van der Waals surface area (Å²) in [6, 6.07) is 11.4. The lowest BCUT2D eigenvalue weighted by Gasteiger charge is -2.32. The van der Waals surface area contributed by atoms with Gasteiger partial charge in [0.25, 0.3) is 5.43 Å². The van der Waals surface area contributed by atoms with Crippen molar-refractivity contribution in [3.63, 3.8) is 0 Å². The maximum Gasteiger partial charge on any atom is 0.507 e. The van der Waals surface area contributed by atoms with E-state index < -0.39 is 40.6 Å². The highest BCUT2D eigenvalue weighted by molar-refractivity contribution is 5.60. The Morgan fingerprint density at radius 3 is 2.29 bits per heavy atom. The average molecular weight is 492 g/mol. The van der Waals surface area contributed by atoms with Gasteiger partial charge in [0, 0.05) is 12.1 Å². The van der Waals surface area contributed by atoms with E-state index in [1.807, 2.05) is 0 Å². The zero-order valence-corrected chi connectivity index (χ0v) is 17.6. The van der Waals surface area contributed by atoms with Crippen LogP contribution in [0.4, 0.5) is 22.0 Å². The summed E-state index contributed by atoms with van der Waals surface area (Å²) in [6.45, 7) is 0. The number of methoxy groups -OCH3 is 1. The van der Waals surface area contributed by atoms with E-state index in [4.69, 9.17) is 4.74 Å². The SMILES string of the molecule is COc1cn(-c2cc3c(cc2F)OC(F)(F)C(F)(F)O3)nc(-c2ccnn2-c2ccccc2)c1=O. The molecule has 0 amide bonds. The summed E-state index contributed by atoms with van der Waals surface area (Å²) in [4.78, 5) is 13.0. The van der Waals surface area contributed by atoms with Crippen LogP contribution >= 0.6 is 0 Å². The molecule has 1 aliphatic heterocycles. The lowest BCUT2D eigenvalue weighted by Crippen LogP contribution is -2.52. The summed E-state index contributed by atoms with van der Waals surface area (Å²) < 4.78 is 84.5. The van der Waals surface area contributed by atoms with Crippen LogP contribution in [0.5, 0.6) is 17.2 Å². The summed E-state index contributed by atoms with van der Waals surface area (Å²) in [5.74, 6) is -3.22. The lowest BCUT2D eigenvalue weighted by molar-refractivity contribution is -0.391. The minimum atomic E-state index is -5.00. The van der Waals surface area contributed by atoms with Crippen LogP contribution in [0.3, 0.4) is 0 Å². The molecule has 0 aliphatic carbocycles. The van der Waals surface area contributed by atoms with Crippen molar-refractivity contribution in [2.24, 2.45) is 0 Å². The fraction of sp³-hybridized carbons (Fsp3) is 0.136. The van der Waals surface area contributed by atoms with Gasteiger partial charge in [-0.2, -0.15) is 27.8 Å². The molecular weight excluding hydrogens is 479 g/mol. The van der Waals surface area contributed by atoms with Gasteiger partial charge in [-0.05, 0) is 18.2 Å². The van der Waals surface area contributed by atoms with Gasteiger partial charge in [-0.1, -0.05) is 18.2 Å². The molecule has 1 aliphatic rings. The smallest absolute Gasteiger partial charge is 0.491 e. The number of halogens is 5. The molecule has 0 fully saturated rings. The van der Waals surface area contributed by atoms with Crippen LogP contribution in [0.1, 0.15) is 0 Å². The van der Waals surface area contributed by atoms with Gasteiger partial charge in [0.1, 0.15) is 5.69 Å². The number of aromatic nitrogens is 4. The second kappa shape index (κ2) is 7.82. The number of rotatable bonds is 4. The molecule has 8 nitrogen and oxygen atoms in total. The number of nitrogens with zero attached hydrogens (tertiary/aromatic N) is 4. The van der Waals surface area contributed by atoms with Crippen LogP contribution in [0, 0.1) is 5.82 Å². The molecule has 13 heteroatoms. The number of hydrogen-bond donors (Lipinski definition) is 0. The van der Waals surface area contributed by atoms with E-state index in [0.717, 1.165) is 10.9 Å². The molecule has 0 unspecified atom stereocenters. The molecule has 0 bridgehead atoms. The van der Waals surface area contributed by atoms with E-state index in [1.54, 1.807) is 30.3 Å². The standard InChI is InChI=1S/C22H13F5N4O4/c1-33-18-11-30(15-10-17-16(9-13(15)23)34-21(24,25)22(26,27)35-17)29-19(20(18)32)14-7-8-28-31(14)12-5-3-2-4-6-12/h2-11H,1H3. The molecule has 0 radical (unpaired) electrons. The first-order valence-corrected chi connectivity index (χ1v) is 9.86. The quantitative estimate of drug-likeness (QED) is 0.398. The second-order valence-corrected chi connectivity index (χ2v) is 7.27. The summed E-state index contributed by atoms with van der Waals surface area (Å²) in [6.07, 6.45) is -7.58. The Bertz CT molecular complexity index is 1490. The highest BCUT2D eigenvalue weighted by Gasteiger charge is 2.66.